The molecule has 1 unspecified atom stereocenters. The van der Waals surface area contributed by atoms with Gasteiger partial charge in [0.15, 0.2) is 0 Å². The van der Waals surface area contributed by atoms with Crippen LogP contribution in [0, 0.1) is 13.8 Å². The average Bonchev–Trinajstić information content (AvgIpc) is 3.20. The molecular formula is C19H15F3N4O3. The maximum Gasteiger partial charge on any atom is 0.417 e. The fourth-order valence-electron chi connectivity index (χ4n) is 3.32. The van der Waals surface area contributed by atoms with Crippen LogP contribution < -0.4 is 5.69 Å². The van der Waals surface area contributed by atoms with Crippen LogP contribution in [0.2, 0.25) is 0 Å². The van der Waals surface area contributed by atoms with E-state index in [1.54, 1.807) is 26.0 Å². The molecule has 0 aliphatic rings. The second-order valence-corrected chi connectivity index (χ2v) is 6.64. The summed E-state index contributed by atoms with van der Waals surface area (Å²) in [6.45, 7) is 3.48. The summed E-state index contributed by atoms with van der Waals surface area (Å²) in [7, 11) is 0. The molecule has 7 nitrogen and oxygen atoms in total. The third kappa shape index (κ3) is 3.31. The van der Waals surface area contributed by atoms with Crippen LogP contribution in [0.15, 0.2) is 39.8 Å². The lowest BCUT2D eigenvalue weighted by Gasteiger charge is -2.14. The number of imidazole rings is 1. The SMILES string of the molecule is Cc1noc(C)c1-c1cc(C(O)c2ccc(C(F)(F)F)cn2)c2[nH]c(=O)[nH]c2c1. The van der Waals surface area contributed by atoms with Crippen LogP contribution in [0.4, 0.5) is 13.2 Å². The summed E-state index contributed by atoms with van der Waals surface area (Å²) in [5, 5.41) is 14.7. The van der Waals surface area contributed by atoms with Crippen molar-refractivity contribution >= 4 is 11.0 Å². The standard InChI is InChI=1S/C19H15F3N4O3/c1-8-15(9(2)29-26-8)10-5-12(16-14(6-10)24-18(28)25-16)17(27)13-4-3-11(7-23-13)19(20,21)22/h3-7,17,27H,1-2H3,(H2,24,25,28). The van der Waals surface area contributed by atoms with Gasteiger partial charge in [-0.2, -0.15) is 13.2 Å². The minimum atomic E-state index is -4.53. The van der Waals surface area contributed by atoms with Crippen LogP contribution in [0.25, 0.3) is 22.2 Å². The van der Waals surface area contributed by atoms with Gasteiger partial charge in [0.05, 0.1) is 28.0 Å². The van der Waals surface area contributed by atoms with Gasteiger partial charge in [0, 0.05) is 17.3 Å². The highest BCUT2D eigenvalue weighted by molar-refractivity contribution is 5.86. The van der Waals surface area contributed by atoms with Gasteiger partial charge in [-0.05, 0) is 43.7 Å². The summed E-state index contributed by atoms with van der Waals surface area (Å²) in [5.74, 6) is 0.549. The van der Waals surface area contributed by atoms with E-state index in [-0.39, 0.29) is 11.3 Å². The van der Waals surface area contributed by atoms with Gasteiger partial charge < -0.3 is 19.6 Å². The Morgan fingerprint density at radius 2 is 1.93 bits per heavy atom. The number of fused-ring (bicyclic) bond motifs is 1. The maximum atomic E-state index is 12.8. The van der Waals surface area contributed by atoms with E-state index < -0.39 is 23.5 Å². The summed E-state index contributed by atoms with van der Waals surface area (Å²) in [5.41, 5.74) is 1.59. The molecule has 1 aromatic carbocycles. The number of benzene rings is 1. The molecule has 0 bridgehead atoms. The first-order valence-corrected chi connectivity index (χ1v) is 8.55. The Kier molecular flexibility index (Phi) is 4.30. The summed E-state index contributed by atoms with van der Waals surface area (Å²) >= 11 is 0. The number of aryl methyl sites for hydroxylation is 2. The molecule has 29 heavy (non-hydrogen) atoms. The number of halogens is 3. The maximum absolute atomic E-state index is 12.8. The van der Waals surface area contributed by atoms with Crippen LogP contribution in [-0.4, -0.2) is 25.2 Å². The lowest BCUT2D eigenvalue weighted by atomic mass is 9.96. The minimum Gasteiger partial charge on any atom is -0.382 e. The van der Waals surface area contributed by atoms with E-state index in [2.05, 4.69) is 20.1 Å². The van der Waals surface area contributed by atoms with E-state index in [0.29, 0.717) is 39.8 Å². The monoisotopic (exact) mass is 404 g/mol. The fourth-order valence-corrected chi connectivity index (χ4v) is 3.32. The predicted molar refractivity (Wildman–Crippen MR) is 97.2 cm³/mol. The molecule has 0 saturated heterocycles. The molecule has 0 spiro atoms. The average molecular weight is 404 g/mol. The van der Waals surface area contributed by atoms with Gasteiger partial charge in [-0.15, -0.1) is 0 Å². The molecule has 3 heterocycles. The zero-order valence-electron chi connectivity index (χ0n) is 15.3. The molecule has 4 aromatic rings. The molecule has 0 amide bonds. The van der Waals surface area contributed by atoms with E-state index >= 15 is 0 Å². The van der Waals surface area contributed by atoms with Crippen molar-refractivity contribution in [2.45, 2.75) is 26.1 Å². The van der Waals surface area contributed by atoms with E-state index in [4.69, 9.17) is 4.52 Å². The number of pyridine rings is 1. The van der Waals surface area contributed by atoms with Crippen LogP contribution in [0.1, 0.15) is 34.4 Å². The summed E-state index contributed by atoms with van der Waals surface area (Å²) in [6.07, 6.45) is -5.24. The van der Waals surface area contributed by atoms with Gasteiger partial charge >= 0.3 is 11.9 Å². The van der Waals surface area contributed by atoms with Crippen molar-refractivity contribution in [2.75, 3.05) is 0 Å². The lowest BCUT2D eigenvalue weighted by molar-refractivity contribution is -0.137. The number of nitrogens with zero attached hydrogens (tertiary/aromatic N) is 2. The number of aliphatic hydroxyl groups excluding tert-OH is 1. The van der Waals surface area contributed by atoms with Crippen molar-refractivity contribution in [2.24, 2.45) is 0 Å². The van der Waals surface area contributed by atoms with Crippen molar-refractivity contribution < 1.29 is 22.8 Å². The van der Waals surface area contributed by atoms with Crippen LogP contribution in [0.3, 0.4) is 0 Å². The van der Waals surface area contributed by atoms with Crippen LogP contribution in [0.5, 0.6) is 0 Å². The number of H-pyrrole nitrogens is 2. The zero-order valence-corrected chi connectivity index (χ0v) is 15.3. The third-order valence-corrected chi connectivity index (χ3v) is 4.67. The molecule has 0 saturated carbocycles. The number of rotatable bonds is 3. The molecule has 0 fully saturated rings. The number of hydrogen-bond acceptors (Lipinski definition) is 5. The topological polar surface area (TPSA) is 108 Å². The van der Waals surface area contributed by atoms with Crippen molar-refractivity contribution in [3.8, 4) is 11.1 Å². The Labute approximate surface area is 161 Å². The lowest BCUT2D eigenvalue weighted by Crippen LogP contribution is -2.09. The Hall–Kier alpha value is -3.40. The van der Waals surface area contributed by atoms with E-state index in [0.717, 1.165) is 12.1 Å². The second-order valence-electron chi connectivity index (χ2n) is 6.64. The minimum absolute atomic E-state index is 0.0114. The molecule has 3 N–H and O–H groups in total. The molecule has 0 aliphatic heterocycles. The van der Waals surface area contributed by atoms with E-state index in [1.165, 1.54) is 0 Å². The highest BCUT2D eigenvalue weighted by atomic mass is 19.4. The Balaban J connectivity index is 1.87. The Bertz CT molecular complexity index is 1230. The number of alkyl halides is 3. The van der Waals surface area contributed by atoms with Gasteiger partial charge in [0.1, 0.15) is 11.9 Å². The highest BCUT2D eigenvalue weighted by Gasteiger charge is 2.31. The van der Waals surface area contributed by atoms with Crippen molar-refractivity contribution in [1.29, 1.82) is 0 Å². The number of aliphatic hydroxyl groups is 1. The number of nitrogens with one attached hydrogen (secondary N) is 2. The van der Waals surface area contributed by atoms with Crippen LogP contribution in [-0.2, 0) is 6.18 Å². The highest BCUT2D eigenvalue weighted by Crippen LogP contribution is 2.35. The zero-order chi connectivity index (χ0) is 20.9. The van der Waals surface area contributed by atoms with Crippen molar-refractivity contribution in [3.63, 3.8) is 0 Å². The quantitative estimate of drug-likeness (QED) is 0.483. The second kappa shape index (κ2) is 6.59. The predicted octanol–water partition coefficient (Wildman–Crippen LogP) is 3.62. The number of aromatic nitrogens is 4. The summed E-state index contributed by atoms with van der Waals surface area (Å²) in [4.78, 5) is 20.8. The number of aromatic amines is 2. The molecule has 10 heteroatoms. The molecule has 1 atom stereocenters. The molecular weight excluding hydrogens is 389 g/mol. The van der Waals surface area contributed by atoms with Gasteiger partial charge in [-0.25, -0.2) is 4.79 Å². The van der Waals surface area contributed by atoms with Gasteiger partial charge in [0.2, 0.25) is 0 Å². The molecule has 4 rings (SSSR count). The summed E-state index contributed by atoms with van der Waals surface area (Å²) < 4.78 is 43.5. The molecule has 0 radical (unpaired) electrons. The first-order chi connectivity index (χ1) is 13.6. The van der Waals surface area contributed by atoms with Gasteiger partial charge in [-0.1, -0.05) is 5.16 Å². The van der Waals surface area contributed by atoms with Crippen LogP contribution >= 0.6 is 0 Å². The largest absolute Gasteiger partial charge is 0.417 e. The van der Waals surface area contributed by atoms with E-state index in [1.807, 2.05) is 0 Å². The first-order valence-electron chi connectivity index (χ1n) is 8.55. The first kappa shape index (κ1) is 18.9. The van der Waals surface area contributed by atoms with Crippen molar-refractivity contribution in [3.05, 3.63) is 69.2 Å². The van der Waals surface area contributed by atoms with Crippen molar-refractivity contribution in [1.82, 2.24) is 20.1 Å². The smallest absolute Gasteiger partial charge is 0.382 e. The Morgan fingerprint density at radius 3 is 2.52 bits per heavy atom. The normalized spacial score (nSPS) is 13.2. The Morgan fingerprint density at radius 1 is 1.17 bits per heavy atom. The molecule has 3 aromatic heterocycles. The van der Waals surface area contributed by atoms with Gasteiger partial charge in [-0.3, -0.25) is 4.98 Å². The third-order valence-electron chi connectivity index (χ3n) is 4.67. The number of hydrogen-bond donors (Lipinski definition) is 3. The van der Waals surface area contributed by atoms with Gasteiger partial charge in [0.25, 0.3) is 0 Å². The summed E-state index contributed by atoms with van der Waals surface area (Å²) in [6, 6.07) is 5.28. The molecule has 0 aliphatic carbocycles. The van der Waals surface area contributed by atoms with E-state index in [9.17, 15) is 23.1 Å². The molecule has 150 valence electrons. The fraction of sp³-hybridized carbons (Fsp3) is 0.211.